The van der Waals surface area contributed by atoms with Crippen LogP contribution in [0.3, 0.4) is 0 Å². The summed E-state index contributed by atoms with van der Waals surface area (Å²) in [4.78, 5) is 28.3. The molecule has 4 rings (SSSR count). The summed E-state index contributed by atoms with van der Waals surface area (Å²) in [6.45, 7) is 3.13. The Morgan fingerprint density at radius 3 is 2.56 bits per heavy atom. The molecule has 17 heteroatoms. The highest BCUT2D eigenvalue weighted by Crippen LogP contribution is 2.49. The Morgan fingerprint density at radius 2 is 1.91 bits per heavy atom. The standard InChI is InChI=1S/C26H30ClF2N4O9P/c1-13(2)40-23(36)14(3)32-43(38,42-17-9-8-15-6-4-5-7-16(15)10-17)39-12-26(24(28)29)20(35)19(34)22(41-26)33-11-18(27)21(30)31-25(33)37/h4-11,13-14,19-20,22,24,34-35H,12H2,1-3H3,(H,32,38)(H2,30,31,37). The predicted molar refractivity (Wildman–Crippen MR) is 151 cm³/mol. The molecule has 1 aliphatic rings. The van der Waals surface area contributed by atoms with Crippen LogP contribution in [-0.4, -0.2) is 68.7 Å². The molecule has 0 aliphatic carbocycles. The first-order valence-electron chi connectivity index (χ1n) is 12.9. The van der Waals surface area contributed by atoms with Gasteiger partial charge in [-0.3, -0.25) is 13.9 Å². The van der Waals surface area contributed by atoms with Crippen molar-refractivity contribution in [2.75, 3.05) is 12.3 Å². The fourth-order valence-electron chi connectivity index (χ4n) is 4.30. The minimum atomic E-state index is -4.74. The lowest BCUT2D eigenvalue weighted by molar-refractivity contribution is -0.192. The number of halogens is 3. The van der Waals surface area contributed by atoms with E-state index in [1.54, 1.807) is 38.1 Å². The molecule has 234 valence electrons. The molecule has 2 heterocycles. The van der Waals surface area contributed by atoms with Crippen LogP contribution in [-0.2, 0) is 23.4 Å². The van der Waals surface area contributed by atoms with E-state index in [1.807, 2.05) is 6.07 Å². The maximum absolute atomic E-state index is 14.6. The summed E-state index contributed by atoms with van der Waals surface area (Å²) in [6, 6.07) is 10.4. The number of benzene rings is 2. The molecule has 0 saturated carbocycles. The van der Waals surface area contributed by atoms with Crippen LogP contribution >= 0.6 is 19.3 Å². The summed E-state index contributed by atoms with van der Waals surface area (Å²) in [5, 5.41) is 25.0. The fourth-order valence-corrected chi connectivity index (χ4v) is 5.97. The van der Waals surface area contributed by atoms with Gasteiger partial charge in [-0.05, 0) is 43.7 Å². The number of ether oxygens (including phenoxy) is 2. The number of aliphatic hydroxyl groups excluding tert-OH is 2. The topological polar surface area (TPSA) is 184 Å². The summed E-state index contributed by atoms with van der Waals surface area (Å²) in [7, 11) is -4.74. The Balaban J connectivity index is 1.66. The number of alkyl halides is 2. The minimum Gasteiger partial charge on any atom is -0.462 e. The van der Waals surface area contributed by atoms with Gasteiger partial charge in [-0.15, -0.1) is 0 Å². The third kappa shape index (κ3) is 6.99. The van der Waals surface area contributed by atoms with E-state index < -0.39 is 68.6 Å². The molecule has 1 fully saturated rings. The van der Waals surface area contributed by atoms with Crippen molar-refractivity contribution in [1.82, 2.24) is 14.6 Å². The first kappa shape index (κ1) is 32.7. The predicted octanol–water partition coefficient (Wildman–Crippen LogP) is 3.02. The molecule has 5 N–H and O–H groups in total. The van der Waals surface area contributed by atoms with Crippen molar-refractivity contribution in [3.63, 3.8) is 0 Å². The molecule has 0 spiro atoms. The van der Waals surface area contributed by atoms with Crippen molar-refractivity contribution >= 4 is 41.9 Å². The number of aromatic nitrogens is 2. The Morgan fingerprint density at radius 1 is 1.23 bits per heavy atom. The zero-order valence-electron chi connectivity index (χ0n) is 23.1. The van der Waals surface area contributed by atoms with Gasteiger partial charge in [0.1, 0.15) is 29.8 Å². The van der Waals surface area contributed by atoms with E-state index in [-0.39, 0.29) is 16.6 Å². The summed E-state index contributed by atoms with van der Waals surface area (Å²) < 4.78 is 65.3. The zero-order chi connectivity index (χ0) is 31.7. The number of nitrogen functional groups attached to an aromatic ring is 1. The highest BCUT2D eigenvalue weighted by atomic mass is 35.5. The SMILES string of the molecule is CC(C)OC(=O)C(C)NP(=O)(OCC1(C(F)F)OC(n2cc(Cl)c(N)nc2=O)C(O)C1O)Oc1ccc2ccccc2c1. The molecular formula is C26H30ClF2N4O9P. The number of rotatable bonds is 11. The number of carbonyl (C=O) groups is 1. The Bertz CT molecular complexity index is 1600. The Kier molecular flexibility index (Phi) is 9.76. The third-order valence-electron chi connectivity index (χ3n) is 6.50. The minimum absolute atomic E-state index is 0.00926. The molecule has 43 heavy (non-hydrogen) atoms. The van der Waals surface area contributed by atoms with Crippen LogP contribution < -0.4 is 21.0 Å². The second kappa shape index (κ2) is 12.8. The summed E-state index contributed by atoms with van der Waals surface area (Å²) in [6.07, 6.45) is -9.61. The van der Waals surface area contributed by atoms with E-state index in [4.69, 9.17) is 35.9 Å². The lowest BCUT2D eigenvalue weighted by Crippen LogP contribution is -2.53. The lowest BCUT2D eigenvalue weighted by Gasteiger charge is -2.32. The van der Waals surface area contributed by atoms with Crippen molar-refractivity contribution < 1.29 is 46.9 Å². The fraction of sp³-hybridized carbons (Fsp3) is 0.423. The molecule has 0 amide bonds. The number of hydrogen-bond donors (Lipinski definition) is 4. The van der Waals surface area contributed by atoms with E-state index in [2.05, 4.69) is 10.1 Å². The Hall–Kier alpha value is -3.17. The molecule has 0 radical (unpaired) electrons. The van der Waals surface area contributed by atoms with Crippen LogP contribution in [0.5, 0.6) is 5.75 Å². The second-order valence-corrected chi connectivity index (χ2v) is 12.2. The van der Waals surface area contributed by atoms with Gasteiger partial charge in [-0.1, -0.05) is 41.9 Å². The molecule has 1 aromatic heterocycles. The van der Waals surface area contributed by atoms with Gasteiger partial charge in [-0.25, -0.2) is 18.1 Å². The molecule has 6 atom stereocenters. The summed E-state index contributed by atoms with van der Waals surface area (Å²) in [5.41, 5.74) is 1.34. The number of nitrogens with one attached hydrogen (secondary N) is 1. The number of anilines is 1. The number of aliphatic hydroxyl groups is 2. The molecule has 2 aromatic carbocycles. The average Bonchev–Trinajstić information content (AvgIpc) is 3.19. The monoisotopic (exact) mass is 646 g/mol. The average molecular weight is 647 g/mol. The van der Waals surface area contributed by atoms with Gasteiger partial charge in [0.25, 0.3) is 6.43 Å². The van der Waals surface area contributed by atoms with Crippen LogP contribution in [0.4, 0.5) is 14.6 Å². The normalized spacial score (nSPS) is 24.3. The summed E-state index contributed by atoms with van der Waals surface area (Å²) in [5.74, 6) is -1.21. The zero-order valence-corrected chi connectivity index (χ0v) is 24.7. The van der Waals surface area contributed by atoms with E-state index in [9.17, 15) is 33.1 Å². The first-order chi connectivity index (χ1) is 20.2. The lowest BCUT2D eigenvalue weighted by atomic mass is 9.96. The van der Waals surface area contributed by atoms with Gasteiger partial charge in [0.05, 0.1) is 17.7 Å². The molecule has 1 aliphatic heterocycles. The van der Waals surface area contributed by atoms with E-state index >= 15 is 0 Å². The van der Waals surface area contributed by atoms with Crippen LogP contribution in [0.15, 0.2) is 53.5 Å². The molecule has 1 saturated heterocycles. The number of esters is 1. The van der Waals surface area contributed by atoms with Gasteiger partial charge in [0.15, 0.2) is 11.8 Å². The van der Waals surface area contributed by atoms with Gasteiger partial charge >= 0.3 is 19.4 Å². The van der Waals surface area contributed by atoms with E-state index in [0.717, 1.165) is 11.6 Å². The molecule has 3 aromatic rings. The highest BCUT2D eigenvalue weighted by Gasteiger charge is 2.61. The maximum atomic E-state index is 14.6. The number of fused-ring (bicyclic) bond motifs is 1. The van der Waals surface area contributed by atoms with Gasteiger partial charge in [0.2, 0.25) is 0 Å². The van der Waals surface area contributed by atoms with Crippen molar-refractivity contribution in [3.8, 4) is 5.75 Å². The van der Waals surface area contributed by atoms with Crippen LogP contribution in [0.2, 0.25) is 5.02 Å². The number of hydrogen-bond acceptors (Lipinski definition) is 11. The quantitative estimate of drug-likeness (QED) is 0.177. The Labute approximate surface area is 249 Å². The van der Waals surface area contributed by atoms with Crippen molar-refractivity contribution in [1.29, 1.82) is 0 Å². The van der Waals surface area contributed by atoms with Gasteiger partial charge in [0, 0.05) is 6.20 Å². The van der Waals surface area contributed by atoms with Crippen LogP contribution in [0.1, 0.15) is 27.0 Å². The van der Waals surface area contributed by atoms with Crippen LogP contribution in [0.25, 0.3) is 10.8 Å². The van der Waals surface area contributed by atoms with Crippen molar-refractivity contribution in [3.05, 3.63) is 64.2 Å². The third-order valence-corrected chi connectivity index (χ3v) is 8.41. The number of carbonyl (C=O) groups excluding carboxylic acids is 1. The van der Waals surface area contributed by atoms with Crippen LogP contribution in [0, 0.1) is 0 Å². The highest BCUT2D eigenvalue weighted by molar-refractivity contribution is 7.52. The largest absolute Gasteiger partial charge is 0.462 e. The molecular weight excluding hydrogens is 617 g/mol. The molecule has 13 nitrogen and oxygen atoms in total. The van der Waals surface area contributed by atoms with E-state index in [1.165, 1.54) is 19.1 Å². The van der Waals surface area contributed by atoms with Crippen molar-refractivity contribution in [2.45, 2.75) is 63.4 Å². The molecule has 0 bridgehead atoms. The summed E-state index contributed by atoms with van der Waals surface area (Å²) >= 11 is 5.90. The van der Waals surface area contributed by atoms with Crippen molar-refractivity contribution in [2.24, 2.45) is 0 Å². The van der Waals surface area contributed by atoms with Gasteiger partial charge in [-0.2, -0.15) is 10.1 Å². The second-order valence-electron chi connectivity index (χ2n) is 10.1. The number of nitrogens with two attached hydrogens (primary N) is 1. The smallest absolute Gasteiger partial charge is 0.459 e. The number of nitrogens with zero attached hydrogens (tertiary/aromatic N) is 2. The molecule has 6 unspecified atom stereocenters. The first-order valence-corrected chi connectivity index (χ1v) is 14.9. The maximum Gasteiger partial charge on any atom is 0.459 e. The van der Waals surface area contributed by atoms with E-state index in [0.29, 0.717) is 9.95 Å². The van der Waals surface area contributed by atoms with Gasteiger partial charge < -0.3 is 29.9 Å².